The summed E-state index contributed by atoms with van der Waals surface area (Å²) in [5, 5.41) is 3.04. The van der Waals surface area contributed by atoms with Gasteiger partial charge < -0.3 is 5.32 Å². The summed E-state index contributed by atoms with van der Waals surface area (Å²) in [6, 6.07) is 0.268. The maximum Gasteiger partial charge on any atom is 0.390 e. The van der Waals surface area contributed by atoms with E-state index in [1.54, 1.807) is 0 Å². The van der Waals surface area contributed by atoms with Crippen molar-refractivity contribution in [3.63, 3.8) is 0 Å². The maximum atomic E-state index is 11.9. The van der Waals surface area contributed by atoms with E-state index in [1.165, 1.54) is 6.42 Å². The standard InChI is InChI=1S/C10H19F3N4/c11-10(12,13)6-7-15-9(17-14)16-8-4-2-1-3-5-8/h8H,1-7,14H2,(H2,15,16,17). The molecule has 1 saturated carbocycles. The zero-order chi connectivity index (χ0) is 12.7. The molecular weight excluding hydrogens is 233 g/mol. The van der Waals surface area contributed by atoms with Gasteiger partial charge in [-0.05, 0) is 12.8 Å². The number of alkyl halides is 3. The van der Waals surface area contributed by atoms with Gasteiger partial charge in [0.25, 0.3) is 0 Å². The molecule has 0 aromatic rings. The topological polar surface area (TPSA) is 62.4 Å². The van der Waals surface area contributed by atoms with Gasteiger partial charge in [0.15, 0.2) is 0 Å². The lowest BCUT2D eigenvalue weighted by Gasteiger charge is -2.24. The number of nitrogens with zero attached hydrogens (tertiary/aromatic N) is 1. The first kappa shape index (κ1) is 14.1. The summed E-state index contributed by atoms with van der Waals surface area (Å²) in [6.45, 7) is -0.303. The fraction of sp³-hybridized carbons (Fsp3) is 0.900. The minimum atomic E-state index is -4.17. The molecule has 0 amide bonds. The number of hydrogen-bond acceptors (Lipinski definition) is 2. The zero-order valence-corrected chi connectivity index (χ0v) is 9.69. The van der Waals surface area contributed by atoms with Crippen LogP contribution in [0.5, 0.6) is 0 Å². The molecule has 4 N–H and O–H groups in total. The Morgan fingerprint density at radius 1 is 1.24 bits per heavy atom. The van der Waals surface area contributed by atoms with Gasteiger partial charge >= 0.3 is 6.18 Å². The van der Waals surface area contributed by atoms with Crippen LogP contribution in [-0.4, -0.2) is 24.7 Å². The van der Waals surface area contributed by atoms with Gasteiger partial charge in [0.1, 0.15) is 0 Å². The van der Waals surface area contributed by atoms with Gasteiger partial charge in [0, 0.05) is 6.04 Å². The Labute approximate surface area is 98.8 Å². The number of hydrazine groups is 1. The number of aliphatic imine (C=N–C) groups is 1. The SMILES string of the molecule is NNC(=NCCC(F)(F)F)NC1CCCCC1. The molecule has 0 aliphatic heterocycles. The highest BCUT2D eigenvalue weighted by atomic mass is 19.4. The molecule has 0 unspecified atom stereocenters. The largest absolute Gasteiger partial charge is 0.390 e. The fourth-order valence-electron chi connectivity index (χ4n) is 1.87. The maximum absolute atomic E-state index is 11.9. The number of nitrogens with one attached hydrogen (secondary N) is 2. The van der Waals surface area contributed by atoms with E-state index in [4.69, 9.17) is 5.84 Å². The number of rotatable bonds is 3. The Morgan fingerprint density at radius 3 is 2.41 bits per heavy atom. The molecule has 0 atom stereocenters. The molecule has 0 heterocycles. The summed E-state index contributed by atoms with van der Waals surface area (Å²) in [7, 11) is 0. The lowest BCUT2D eigenvalue weighted by molar-refractivity contribution is -0.132. The monoisotopic (exact) mass is 252 g/mol. The van der Waals surface area contributed by atoms with Gasteiger partial charge in [0.05, 0.1) is 13.0 Å². The van der Waals surface area contributed by atoms with Gasteiger partial charge in [-0.1, -0.05) is 19.3 Å². The minimum absolute atomic E-state index is 0.251. The van der Waals surface area contributed by atoms with E-state index in [-0.39, 0.29) is 18.5 Å². The van der Waals surface area contributed by atoms with Crippen molar-refractivity contribution in [2.24, 2.45) is 10.8 Å². The van der Waals surface area contributed by atoms with Crippen molar-refractivity contribution in [3.8, 4) is 0 Å². The third-order valence-corrected chi connectivity index (χ3v) is 2.75. The smallest absolute Gasteiger partial charge is 0.353 e. The number of nitrogens with two attached hydrogens (primary N) is 1. The Hall–Kier alpha value is -0.980. The van der Waals surface area contributed by atoms with Crippen LogP contribution in [-0.2, 0) is 0 Å². The number of hydrogen-bond donors (Lipinski definition) is 3. The molecule has 1 rings (SSSR count). The van der Waals surface area contributed by atoms with Gasteiger partial charge in [-0.3, -0.25) is 10.4 Å². The average Bonchev–Trinajstić information content (AvgIpc) is 2.27. The normalized spacial score (nSPS) is 19.2. The summed E-state index contributed by atoms with van der Waals surface area (Å²) >= 11 is 0. The van der Waals surface area contributed by atoms with Gasteiger partial charge in [-0.25, -0.2) is 5.84 Å². The van der Waals surface area contributed by atoms with Crippen LogP contribution in [0.4, 0.5) is 13.2 Å². The highest BCUT2D eigenvalue weighted by molar-refractivity contribution is 5.79. The van der Waals surface area contributed by atoms with Crippen LogP contribution < -0.4 is 16.6 Å². The molecule has 0 saturated heterocycles. The molecule has 1 fully saturated rings. The summed E-state index contributed by atoms with van der Waals surface area (Å²) in [5.74, 6) is 5.47. The molecule has 1 aliphatic rings. The number of guanidine groups is 1. The molecule has 0 bridgehead atoms. The molecule has 7 heteroatoms. The Bertz CT molecular complexity index is 246. The Balaban J connectivity index is 2.33. The molecule has 1 aliphatic carbocycles. The average molecular weight is 252 g/mol. The van der Waals surface area contributed by atoms with Crippen molar-refractivity contribution in [3.05, 3.63) is 0 Å². The molecule has 17 heavy (non-hydrogen) atoms. The van der Waals surface area contributed by atoms with E-state index in [1.807, 2.05) is 0 Å². The summed E-state index contributed by atoms with van der Waals surface area (Å²) in [6.07, 6.45) is 0.420. The van der Waals surface area contributed by atoms with Crippen LogP contribution in [0.1, 0.15) is 38.5 Å². The highest BCUT2D eigenvalue weighted by Crippen LogP contribution is 2.19. The summed E-state index contributed by atoms with van der Waals surface area (Å²) in [5.41, 5.74) is 2.31. The molecule has 0 spiro atoms. The molecule has 4 nitrogen and oxygen atoms in total. The summed E-state index contributed by atoms with van der Waals surface area (Å²) in [4.78, 5) is 3.77. The van der Waals surface area contributed by atoms with Crippen molar-refractivity contribution in [2.45, 2.75) is 50.7 Å². The highest BCUT2D eigenvalue weighted by Gasteiger charge is 2.26. The van der Waals surface area contributed by atoms with E-state index in [2.05, 4.69) is 15.7 Å². The first-order valence-corrected chi connectivity index (χ1v) is 5.85. The molecular formula is C10H19F3N4. The van der Waals surface area contributed by atoms with E-state index in [9.17, 15) is 13.2 Å². The second-order valence-electron chi connectivity index (χ2n) is 4.22. The first-order chi connectivity index (χ1) is 8.01. The third-order valence-electron chi connectivity index (χ3n) is 2.75. The van der Waals surface area contributed by atoms with Crippen LogP contribution >= 0.6 is 0 Å². The molecule has 0 aromatic carbocycles. The third kappa shape index (κ3) is 6.35. The van der Waals surface area contributed by atoms with E-state index in [0.717, 1.165) is 25.7 Å². The van der Waals surface area contributed by atoms with Crippen LogP contribution in [0.2, 0.25) is 0 Å². The van der Waals surface area contributed by atoms with Crippen LogP contribution in [0, 0.1) is 0 Å². The second-order valence-corrected chi connectivity index (χ2v) is 4.22. The lowest BCUT2D eigenvalue weighted by Crippen LogP contribution is -2.47. The van der Waals surface area contributed by atoms with E-state index < -0.39 is 12.6 Å². The molecule has 0 radical (unpaired) electrons. The second kappa shape index (κ2) is 6.68. The van der Waals surface area contributed by atoms with Gasteiger partial charge in [0.2, 0.25) is 5.96 Å². The number of halogens is 3. The van der Waals surface area contributed by atoms with Crippen molar-refractivity contribution in [1.82, 2.24) is 10.7 Å². The zero-order valence-electron chi connectivity index (χ0n) is 9.69. The first-order valence-electron chi connectivity index (χ1n) is 5.85. The van der Waals surface area contributed by atoms with Gasteiger partial charge in [-0.15, -0.1) is 0 Å². The Morgan fingerprint density at radius 2 is 1.88 bits per heavy atom. The Kier molecular flexibility index (Phi) is 5.54. The molecule has 100 valence electrons. The van der Waals surface area contributed by atoms with Crippen molar-refractivity contribution in [1.29, 1.82) is 0 Å². The predicted octanol–water partition coefficient (Wildman–Crippen LogP) is 1.68. The predicted molar refractivity (Wildman–Crippen MR) is 60.3 cm³/mol. The van der Waals surface area contributed by atoms with Gasteiger partial charge in [-0.2, -0.15) is 13.2 Å². The molecule has 0 aromatic heterocycles. The van der Waals surface area contributed by atoms with Crippen LogP contribution in [0.25, 0.3) is 0 Å². The van der Waals surface area contributed by atoms with E-state index in [0.29, 0.717) is 0 Å². The fourth-order valence-corrected chi connectivity index (χ4v) is 1.87. The van der Waals surface area contributed by atoms with E-state index >= 15 is 0 Å². The quantitative estimate of drug-likeness (QED) is 0.310. The van der Waals surface area contributed by atoms with Crippen LogP contribution in [0.3, 0.4) is 0 Å². The minimum Gasteiger partial charge on any atom is -0.353 e. The lowest BCUT2D eigenvalue weighted by atomic mass is 9.96. The van der Waals surface area contributed by atoms with Crippen molar-refractivity contribution >= 4 is 5.96 Å². The van der Waals surface area contributed by atoms with Crippen molar-refractivity contribution < 1.29 is 13.2 Å². The summed E-state index contributed by atoms with van der Waals surface area (Å²) < 4.78 is 35.8. The van der Waals surface area contributed by atoms with Crippen LogP contribution in [0.15, 0.2) is 4.99 Å². The van der Waals surface area contributed by atoms with Crippen molar-refractivity contribution in [2.75, 3.05) is 6.54 Å².